The van der Waals surface area contributed by atoms with E-state index in [-0.39, 0.29) is 5.02 Å². The molecule has 0 aliphatic heterocycles. The number of hydrogen-bond acceptors (Lipinski definition) is 2. The zero-order valence-electron chi connectivity index (χ0n) is 7.40. The molecule has 0 radical (unpaired) electrons. The molecule has 4 heteroatoms. The minimum atomic E-state index is -0.485. The summed E-state index contributed by atoms with van der Waals surface area (Å²) >= 11 is 5.59. The van der Waals surface area contributed by atoms with Gasteiger partial charge in [-0.2, -0.15) is 0 Å². The van der Waals surface area contributed by atoms with Crippen LogP contribution in [0.5, 0.6) is 0 Å². The minimum absolute atomic E-state index is 0.0906. The number of halogens is 2. The molecule has 0 saturated heterocycles. The number of benzene rings is 1. The number of nitrogens with two attached hydrogens (primary N) is 1. The van der Waals surface area contributed by atoms with E-state index in [1.807, 2.05) is 6.92 Å². The number of anilines is 2. The van der Waals surface area contributed by atoms with E-state index in [9.17, 15) is 4.39 Å². The largest absolute Gasteiger partial charge is 0.397 e. The topological polar surface area (TPSA) is 38.0 Å². The van der Waals surface area contributed by atoms with Crippen LogP contribution in [0.1, 0.15) is 13.3 Å². The van der Waals surface area contributed by atoms with Gasteiger partial charge >= 0.3 is 0 Å². The van der Waals surface area contributed by atoms with E-state index in [0.717, 1.165) is 13.0 Å². The molecule has 1 aromatic carbocycles. The van der Waals surface area contributed by atoms with E-state index in [0.29, 0.717) is 11.4 Å². The highest BCUT2D eigenvalue weighted by molar-refractivity contribution is 6.31. The van der Waals surface area contributed by atoms with Gasteiger partial charge in [-0.15, -0.1) is 0 Å². The maximum absolute atomic E-state index is 12.8. The average Bonchev–Trinajstić information content (AvgIpc) is 2.09. The molecule has 0 aliphatic rings. The van der Waals surface area contributed by atoms with Crippen molar-refractivity contribution in [2.75, 3.05) is 17.6 Å². The second-order valence-electron chi connectivity index (χ2n) is 2.78. The van der Waals surface area contributed by atoms with Crippen LogP contribution in [0.25, 0.3) is 0 Å². The molecule has 0 aliphatic carbocycles. The van der Waals surface area contributed by atoms with E-state index in [1.54, 1.807) is 0 Å². The van der Waals surface area contributed by atoms with Crippen molar-refractivity contribution in [1.82, 2.24) is 0 Å². The molecular weight excluding hydrogens is 191 g/mol. The van der Waals surface area contributed by atoms with Crippen molar-refractivity contribution in [3.8, 4) is 0 Å². The van der Waals surface area contributed by atoms with Crippen LogP contribution in [-0.2, 0) is 0 Å². The molecule has 3 N–H and O–H groups in total. The Morgan fingerprint density at radius 3 is 2.85 bits per heavy atom. The van der Waals surface area contributed by atoms with Gasteiger partial charge in [0.15, 0.2) is 0 Å². The molecule has 2 nitrogen and oxygen atoms in total. The normalized spacial score (nSPS) is 10.1. The molecule has 0 bridgehead atoms. The van der Waals surface area contributed by atoms with Crippen molar-refractivity contribution in [3.05, 3.63) is 23.0 Å². The Labute approximate surface area is 81.9 Å². The van der Waals surface area contributed by atoms with E-state index in [1.165, 1.54) is 12.1 Å². The van der Waals surface area contributed by atoms with Crippen LogP contribution < -0.4 is 11.1 Å². The van der Waals surface area contributed by atoms with Gasteiger partial charge in [0.2, 0.25) is 0 Å². The summed E-state index contributed by atoms with van der Waals surface area (Å²) in [6, 6.07) is 2.72. The first-order chi connectivity index (χ1) is 6.15. The second kappa shape index (κ2) is 4.33. The summed E-state index contributed by atoms with van der Waals surface area (Å²) in [4.78, 5) is 0. The average molecular weight is 203 g/mol. The highest BCUT2D eigenvalue weighted by Gasteiger charge is 2.04. The summed E-state index contributed by atoms with van der Waals surface area (Å²) in [5, 5.41) is 3.15. The first kappa shape index (κ1) is 10.1. The molecule has 0 saturated carbocycles. The third-order valence-corrected chi connectivity index (χ3v) is 1.95. The Kier molecular flexibility index (Phi) is 3.37. The lowest BCUT2D eigenvalue weighted by Crippen LogP contribution is -2.03. The molecule has 0 aromatic heterocycles. The smallest absolute Gasteiger partial charge is 0.143 e. The second-order valence-corrected chi connectivity index (χ2v) is 3.19. The van der Waals surface area contributed by atoms with Crippen LogP contribution in [0, 0.1) is 5.82 Å². The van der Waals surface area contributed by atoms with Crippen molar-refractivity contribution in [2.45, 2.75) is 13.3 Å². The van der Waals surface area contributed by atoms with Gasteiger partial charge < -0.3 is 11.1 Å². The predicted octanol–water partition coefficient (Wildman–Crippen LogP) is 2.88. The summed E-state index contributed by atoms with van der Waals surface area (Å²) in [6.45, 7) is 2.83. The van der Waals surface area contributed by atoms with Crippen LogP contribution in [-0.4, -0.2) is 6.54 Å². The maximum Gasteiger partial charge on any atom is 0.143 e. The predicted molar refractivity (Wildman–Crippen MR) is 54.6 cm³/mol. The van der Waals surface area contributed by atoms with Crippen molar-refractivity contribution >= 4 is 23.0 Å². The minimum Gasteiger partial charge on any atom is -0.397 e. The first-order valence-corrected chi connectivity index (χ1v) is 4.51. The molecule has 0 fully saturated rings. The Hall–Kier alpha value is -0.960. The van der Waals surface area contributed by atoms with Crippen LogP contribution in [0.3, 0.4) is 0 Å². The molecule has 0 unspecified atom stereocenters. The fourth-order valence-corrected chi connectivity index (χ4v) is 1.14. The number of nitrogen functional groups attached to an aromatic ring is 1. The zero-order valence-corrected chi connectivity index (χ0v) is 8.16. The first-order valence-electron chi connectivity index (χ1n) is 4.13. The molecule has 0 spiro atoms. The third-order valence-electron chi connectivity index (χ3n) is 1.66. The quantitative estimate of drug-likeness (QED) is 0.740. The summed E-state index contributed by atoms with van der Waals surface area (Å²) in [7, 11) is 0. The van der Waals surface area contributed by atoms with Gasteiger partial charge in [-0.05, 0) is 12.5 Å². The van der Waals surface area contributed by atoms with Gasteiger partial charge in [0.1, 0.15) is 5.82 Å². The molecule has 72 valence electrons. The van der Waals surface area contributed by atoms with Gasteiger partial charge in [0.05, 0.1) is 16.4 Å². The van der Waals surface area contributed by atoms with Crippen LogP contribution in [0.4, 0.5) is 15.8 Å². The number of rotatable bonds is 3. The van der Waals surface area contributed by atoms with Crippen LogP contribution >= 0.6 is 11.6 Å². The lowest BCUT2D eigenvalue weighted by molar-refractivity contribution is 0.629. The van der Waals surface area contributed by atoms with Gasteiger partial charge in [-0.3, -0.25) is 0 Å². The van der Waals surface area contributed by atoms with E-state index in [2.05, 4.69) is 5.32 Å². The van der Waals surface area contributed by atoms with Crippen molar-refractivity contribution in [2.24, 2.45) is 0 Å². The molecular formula is C9H12ClFN2. The number of nitrogens with one attached hydrogen (secondary N) is 1. The summed E-state index contributed by atoms with van der Waals surface area (Å²) in [5.41, 5.74) is 6.64. The van der Waals surface area contributed by atoms with Gasteiger partial charge in [-0.25, -0.2) is 4.39 Å². The molecule has 1 aromatic rings. The third kappa shape index (κ3) is 2.49. The van der Waals surface area contributed by atoms with Gasteiger partial charge in [0.25, 0.3) is 0 Å². The number of hydrogen-bond donors (Lipinski definition) is 2. The fourth-order valence-electron chi connectivity index (χ4n) is 0.975. The monoisotopic (exact) mass is 202 g/mol. The summed E-state index contributed by atoms with van der Waals surface area (Å²) in [6.07, 6.45) is 0.981. The Morgan fingerprint density at radius 2 is 2.23 bits per heavy atom. The molecule has 0 heterocycles. The fraction of sp³-hybridized carbons (Fsp3) is 0.333. The lowest BCUT2D eigenvalue weighted by Gasteiger charge is -2.08. The Morgan fingerprint density at radius 1 is 1.54 bits per heavy atom. The summed E-state index contributed by atoms with van der Waals surface area (Å²) < 4.78 is 12.8. The molecule has 0 atom stereocenters. The SMILES string of the molecule is CCCNc1cc(Cl)c(F)cc1N. The lowest BCUT2D eigenvalue weighted by atomic mass is 10.2. The van der Waals surface area contributed by atoms with Crippen LogP contribution in [0.15, 0.2) is 12.1 Å². The summed E-state index contributed by atoms with van der Waals surface area (Å²) in [5.74, 6) is -0.485. The van der Waals surface area contributed by atoms with Crippen molar-refractivity contribution < 1.29 is 4.39 Å². The Bertz CT molecular complexity index is 302. The maximum atomic E-state index is 12.8. The Balaban J connectivity index is 2.88. The van der Waals surface area contributed by atoms with Gasteiger partial charge in [-0.1, -0.05) is 18.5 Å². The van der Waals surface area contributed by atoms with E-state index in [4.69, 9.17) is 17.3 Å². The van der Waals surface area contributed by atoms with E-state index >= 15 is 0 Å². The standard InChI is InChI=1S/C9H12ClFN2/c1-2-3-13-9-4-6(10)7(11)5-8(9)12/h4-5,13H,2-3,12H2,1H3. The van der Waals surface area contributed by atoms with Crippen molar-refractivity contribution in [3.63, 3.8) is 0 Å². The molecule has 0 amide bonds. The highest BCUT2D eigenvalue weighted by atomic mass is 35.5. The van der Waals surface area contributed by atoms with Gasteiger partial charge in [0, 0.05) is 12.6 Å². The van der Waals surface area contributed by atoms with Crippen LogP contribution in [0.2, 0.25) is 5.02 Å². The highest BCUT2D eigenvalue weighted by Crippen LogP contribution is 2.25. The molecule has 1 rings (SSSR count). The van der Waals surface area contributed by atoms with Crippen molar-refractivity contribution in [1.29, 1.82) is 0 Å². The zero-order chi connectivity index (χ0) is 9.84. The molecule has 13 heavy (non-hydrogen) atoms. The van der Waals surface area contributed by atoms with E-state index < -0.39 is 5.82 Å².